The van der Waals surface area contributed by atoms with Crippen LogP contribution in [0, 0.1) is 0 Å². The van der Waals surface area contributed by atoms with Gasteiger partial charge >= 0.3 is 8.25 Å². The van der Waals surface area contributed by atoms with Gasteiger partial charge in [-0.15, -0.1) is 9.42 Å². The molecule has 0 aromatic carbocycles. The van der Waals surface area contributed by atoms with Gasteiger partial charge in [0, 0.05) is 17.2 Å². The van der Waals surface area contributed by atoms with Crippen LogP contribution in [0.5, 0.6) is 0 Å². The zero-order valence-corrected chi connectivity index (χ0v) is 7.78. The van der Waals surface area contributed by atoms with Gasteiger partial charge in [0.2, 0.25) is 0 Å². The van der Waals surface area contributed by atoms with Gasteiger partial charge in [0.25, 0.3) is 0 Å². The van der Waals surface area contributed by atoms with Crippen LogP contribution in [0.2, 0.25) is 0 Å². The molecule has 1 fully saturated rings. The Morgan fingerprint density at radius 2 is 2.42 bits per heavy atom. The number of nitrogens with zero attached hydrogens (tertiary/aromatic N) is 1. The number of hydrogen-bond donors (Lipinski definition) is 2. The first-order chi connectivity index (χ1) is 5.63. The summed E-state index contributed by atoms with van der Waals surface area (Å²) in [5.41, 5.74) is 0. The Bertz CT molecular complexity index is 177. The van der Waals surface area contributed by atoms with Crippen LogP contribution in [-0.4, -0.2) is 47.2 Å². The Hall–Kier alpha value is -0.0600. The summed E-state index contributed by atoms with van der Waals surface area (Å²) in [5.74, 6) is 0. The normalized spacial score (nSPS) is 32.4. The molecule has 1 saturated heterocycles. The molecule has 0 radical (unpaired) electrons. The molecule has 1 rings (SSSR count). The van der Waals surface area contributed by atoms with Crippen molar-refractivity contribution in [2.75, 3.05) is 20.2 Å². The fourth-order valence-corrected chi connectivity index (χ4v) is 1.85. The molecule has 0 bridgehead atoms. The first-order valence-corrected chi connectivity index (χ1v) is 4.90. The van der Waals surface area contributed by atoms with E-state index in [4.69, 9.17) is 14.5 Å². The van der Waals surface area contributed by atoms with Crippen molar-refractivity contribution in [3.05, 3.63) is 0 Å². The molecule has 0 amide bonds. The summed E-state index contributed by atoms with van der Waals surface area (Å²) in [7, 11) is -0.657. The third-order valence-electron chi connectivity index (χ3n) is 2.10. The average molecular weight is 194 g/mol. The highest BCUT2D eigenvalue weighted by atomic mass is 31.1. The van der Waals surface area contributed by atoms with Gasteiger partial charge in [-0.05, 0) is 13.5 Å². The van der Waals surface area contributed by atoms with E-state index in [1.165, 1.54) is 0 Å². The fraction of sp³-hybridized carbons (Fsp3) is 1.00. The van der Waals surface area contributed by atoms with E-state index < -0.39 is 8.25 Å². The Morgan fingerprint density at radius 3 is 2.83 bits per heavy atom. The summed E-state index contributed by atoms with van der Waals surface area (Å²) in [6, 6.07) is 0.0601. The molecule has 3 atom stereocenters. The van der Waals surface area contributed by atoms with Crippen molar-refractivity contribution in [1.82, 2.24) is 4.90 Å². The van der Waals surface area contributed by atoms with Crippen LogP contribution in [0.25, 0.3) is 0 Å². The molecule has 1 aliphatic rings. The molecule has 70 valence electrons. The second-order valence-corrected chi connectivity index (χ2v) is 3.66. The van der Waals surface area contributed by atoms with Crippen LogP contribution in [-0.2, 0) is 9.09 Å². The fourth-order valence-electron chi connectivity index (χ4n) is 1.45. The van der Waals surface area contributed by atoms with Crippen molar-refractivity contribution in [3.63, 3.8) is 0 Å². The predicted molar refractivity (Wildman–Crippen MR) is 42.8 cm³/mol. The molecule has 2 N–H and O–H groups in total. The van der Waals surface area contributed by atoms with Gasteiger partial charge < -0.3 is 5.11 Å². The first kappa shape index (κ1) is 10.0. The number of aliphatic hydroxyl groups is 1. The van der Waals surface area contributed by atoms with Crippen LogP contribution in [0.4, 0.5) is 0 Å². The monoisotopic (exact) mass is 194 g/mol. The van der Waals surface area contributed by atoms with Gasteiger partial charge in [-0.1, -0.05) is 0 Å². The van der Waals surface area contributed by atoms with Crippen LogP contribution in [0.15, 0.2) is 0 Å². The van der Waals surface area contributed by atoms with E-state index >= 15 is 0 Å². The Kier molecular flexibility index (Phi) is 3.55. The molecule has 1 heterocycles. The highest BCUT2D eigenvalue weighted by molar-refractivity contribution is 7.32. The topological polar surface area (TPSA) is 70.0 Å². The van der Waals surface area contributed by atoms with Gasteiger partial charge in [-0.25, -0.2) is 0 Å². The number of aliphatic hydroxyl groups excluding tert-OH is 1. The van der Waals surface area contributed by atoms with E-state index in [-0.39, 0.29) is 18.8 Å². The van der Waals surface area contributed by atoms with Crippen LogP contribution in [0.1, 0.15) is 6.42 Å². The minimum absolute atomic E-state index is 0.0601. The molecule has 5 nitrogen and oxygen atoms in total. The number of hydrogen-bond acceptors (Lipinski definition) is 4. The van der Waals surface area contributed by atoms with E-state index in [0.717, 1.165) is 0 Å². The summed E-state index contributed by atoms with van der Waals surface area (Å²) < 4.78 is 15.0. The average Bonchev–Trinajstić information content (AvgIpc) is 2.29. The quantitative estimate of drug-likeness (QED) is 0.604. The standard InChI is InChI=1S/C6H12NO4P/c1-7-3-6(11-12(9)10)2-5(7)4-8/h5-6,8H,2-4H2,1H3/p+1. The van der Waals surface area contributed by atoms with Crippen molar-refractivity contribution in [2.45, 2.75) is 18.6 Å². The van der Waals surface area contributed by atoms with Gasteiger partial charge in [0.05, 0.1) is 6.61 Å². The van der Waals surface area contributed by atoms with Gasteiger partial charge in [0.15, 0.2) is 0 Å². The molecule has 12 heavy (non-hydrogen) atoms. The molecule has 0 saturated carbocycles. The van der Waals surface area contributed by atoms with Crippen molar-refractivity contribution < 1.29 is 19.1 Å². The van der Waals surface area contributed by atoms with E-state index in [1.807, 2.05) is 11.9 Å². The van der Waals surface area contributed by atoms with Gasteiger partial charge in [-0.2, -0.15) is 0 Å². The largest absolute Gasteiger partial charge is 0.695 e. The molecule has 3 unspecified atom stereocenters. The number of rotatable bonds is 3. The zero-order valence-electron chi connectivity index (χ0n) is 6.88. The predicted octanol–water partition coefficient (Wildman–Crippen LogP) is -0.282. The lowest BCUT2D eigenvalue weighted by atomic mass is 10.2. The molecule has 6 heteroatoms. The Labute approximate surface area is 71.9 Å². The maximum absolute atomic E-state index is 10.3. The Balaban J connectivity index is 2.37. The van der Waals surface area contributed by atoms with Crippen LogP contribution >= 0.6 is 8.25 Å². The molecular formula is C6H13NO4P+. The second-order valence-electron chi connectivity index (χ2n) is 2.98. The van der Waals surface area contributed by atoms with E-state index in [9.17, 15) is 4.57 Å². The van der Waals surface area contributed by atoms with Crippen LogP contribution in [0.3, 0.4) is 0 Å². The number of likely N-dealkylation sites (tertiary alicyclic amines) is 1. The SMILES string of the molecule is CN1CC(O[P+](=O)O)CC1CO. The summed E-state index contributed by atoms with van der Waals surface area (Å²) >= 11 is 0. The van der Waals surface area contributed by atoms with Crippen molar-refractivity contribution in [3.8, 4) is 0 Å². The second kappa shape index (κ2) is 4.25. The minimum atomic E-state index is -2.51. The van der Waals surface area contributed by atoms with Crippen LogP contribution < -0.4 is 0 Å². The van der Waals surface area contributed by atoms with E-state index in [2.05, 4.69) is 0 Å². The minimum Gasteiger partial charge on any atom is -0.395 e. The smallest absolute Gasteiger partial charge is 0.395 e. The first-order valence-electron chi connectivity index (χ1n) is 3.77. The lowest BCUT2D eigenvalue weighted by molar-refractivity contribution is 0.181. The lowest BCUT2D eigenvalue weighted by Gasteiger charge is -2.14. The van der Waals surface area contributed by atoms with Crippen molar-refractivity contribution >= 4 is 8.25 Å². The maximum atomic E-state index is 10.3. The number of likely N-dealkylation sites (N-methyl/N-ethyl adjacent to an activating group) is 1. The van der Waals surface area contributed by atoms with Crippen molar-refractivity contribution in [2.24, 2.45) is 0 Å². The third-order valence-corrected chi connectivity index (χ3v) is 2.58. The highest BCUT2D eigenvalue weighted by Gasteiger charge is 2.35. The summed E-state index contributed by atoms with van der Waals surface area (Å²) in [6.07, 6.45) is 0.398. The van der Waals surface area contributed by atoms with E-state index in [0.29, 0.717) is 13.0 Å². The van der Waals surface area contributed by atoms with Gasteiger partial charge in [-0.3, -0.25) is 4.90 Å². The molecule has 1 aliphatic heterocycles. The molecular weight excluding hydrogens is 181 g/mol. The zero-order chi connectivity index (χ0) is 9.14. The highest BCUT2D eigenvalue weighted by Crippen LogP contribution is 2.26. The maximum Gasteiger partial charge on any atom is 0.695 e. The third kappa shape index (κ3) is 2.47. The lowest BCUT2D eigenvalue weighted by Crippen LogP contribution is -2.28. The molecule has 0 aromatic rings. The summed E-state index contributed by atoms with van der Waals surface area (Å²) in [4.78, 5) is 10.4. The Morgan fingerprint density at radius 1 is 1.75 bits per heavy atom. The molecule has 0 spiro atoms. The summed E-state index contributed by atoms with van der Waals surface area (Å²) in [6.45, 7) is 0.672. The molecule has 0 aliphatic carbocycles. The van der Waals surface area contributed by atoms with Crippen molar-refractivity contribution in [1.29, 1.82) is 0 Å². The van der Waals surface area contributed by atoms with Gasteiger partial charge in [0.1, 0.15) is 6.10 Å². The molecule has 0 aromatic heterocycles. The summed E-state index contributed by atoms with van der Waals surface area (Å²) in [5, 5.41) is 8.86. The van der Waals surface area contributed by atoms with E-state index in [1.54, 1.807) is 0 Å².